The van der Waals surface area contributed by atoms with E-state index in [1.807, 2.05) is 19.1 Å². The molecule has 1 atom stereocenters. The summed E-state index contributed by atoms with van der Waals surface area (Å²) in [5.74, 6) is 0.828. The topological polar surface area (TPSA) is 83.7 Å². The van der Waals surface area contributed by atoms with Gasteiger partial charge < -0.3 is 4.42 Å². The molecule has 4 rings (SSSR count). The second kappa shape index (κ2) is 9.03. The fraction of sp³-hybridized carbons (Fsp3) is 0.304. The third kappa shape index (κ3) is 4.40. The van der Waals surface area contributed by atoms with Gasteiger partial charge in [0.2, 0.25) is 10.0 Å². The van der Waals surface area contributed by atoms with Crippen LogP contribution in [-0.2, 0) is 10.0 Å². The summed E-state index contributed by atoms with van der Waals surface area (Å²) < 4.78 is 32.8. The van der Waals surface area contributed by atoms with Crippen molar-refractivity contribution >= 4 is 21.7 Å². The first-order valence-electron chi connectivity index (χ1n) is 10.4. The molecule has 0 N–H and O–H groups in total. The Bertz CT molecular complexity index is 1110. The maximum Gasteiger partial charge on any atom is 0.260 e. The number of rotatable bonds is 6. The molecule has 1 aliphatic rings. The average molecular weight is 440 g/mol. The van der Waals surface area contributed by atoms with E-state index in [0.717, 1.165) is 19.3 Å². The molecular weight excluding hydrogens is 414 g/mol. The maximum absolute atomic E-state index is 13.4. The molecule has 1 fully saturated rings. The molecule has 0 saturated carbocycles. The zero-order valence-corrected chi connectivity index (χ0v) is 18.2. The highest BCUT2D eigenvalue weighted by Crippen LogP contribution is 2.28. The molecule has 31 heavy (non-hydrogen) atoms. The zero-order chi connectivity index (χ0) is 21.8. The van der Waals surface area contributed by atoms with E-state index < -0.39 is 16.1 Å². The van der Waals surface area contributed by atoms with Gasteiger partial charge in [-0.05, 0) is 68.3 Å². The summed E-state index contributed by atoms with van der Waals surface area (Å²) in [6.45, 7) is 2.94. The van der Waals surface area contributed by atoms with Crippen LogP contribution in [0, 0.1) is 0 Å². The molecule has 0 spiro atoms. The quantitative estimate of drug-likeness (QED) is 0.573. The summed E-state index contributed by atoms with van der Waals surface area (Å²) in [7, 11) is -3.55. The number of aromatic nitrogens is 1. The lowest BCUT2D eigenvalue weighted by molar-refractivity contribution is 0.0974. The number of piperidine rings is 1. The van der Waals surface area contributed by atoms with Crippen molar-refractivity contribution in [2.24, 2.45) is 0 Å². The Balaban J connectivity index is 1.63. The van der Waals surface area contributed by atoms with E-state index in [4.69, 9.17) is 4.42 Å². The van der Waals surface area contributed by atoms with E-state index in [1.165, 1.54) is 16.4 Å². The minimum atomic E-state index is -3.55. The van der Waals surface area contributed by atoms with Gasteiger partial charge in [0.1, 0.15) is 11.6 Å². The molecule has 3 aromatic rings. The minimum Gasteiger partial charge on any atom is -0.467 e. The molecule has 1 amide bonds. The van der Waals surface area contributed by atoms with Crippen molar-refractivity contribution in [3.63, 3.8) is 0 Å². The number of anilines is 1. The molecule has 7 nitrogen and oxygen atoms in total. The summed E-state index contributed by atoms with van der Waals surface area (Å²) in [5, 5.41) is 0. The lowest BCUT2D eigenvalue weighted by Crippen LogP contribution is -2.36. The summed E-state index contributed by atoms with van der Waals surface area (Å²) in [6.07, 6.45) is 5.99. The van der Waals surface area contributed by atoms with Crippen LogP contribution in [0.1, 0.15) is 48.3 Å². The van der Waals surface area contributed by atoms with Gasteiger partial charge in [0.15, 0.2) is 0 Å². The first kappa shape index (κ1) is 21.3. The van der Waals surface area contributed by atoms with Crippen LogP contribution in [0.25, 0.3) is 0 Å². The van der Waals surface area contributed by atoms with Crippen molar-refractivity contribution in [2.45, 2.75) is 37.1 Å². The van der Waals surface area contributed by atoms with Gasteiger partial charge in [-0.1, -0.05) is 12.5 Å². The lowest BCUT2D eigenvalue weighted by atomic mass is 10.1. The van der Waals surface area contributed by atoms with Gasteiger partial charge in [-0.2, -0.15) is 4.31 Å². The van der Waals surface area contributed by atoms with E-state index in [1.54, 1.807) is 47.7 Å². The lowest BCUT2D eigenvalue weighted by Gasteiger charge is -2.27. The molecule has 1 aromatic carbocycles. The number of nitrogens with zero attached hydrogens (tertiary/aromatic N) is 3. The number of sulfonamides is 1. The van der Waals surface area contributed by atoms with Gasteiger partial charge in [0.05, 0.1) is 17.2 Å². The zero-order valence-electron chi connectivity index (χ0n) is 17.3. The highest BCUT2D eigenvalue weighted by Gasteiger charge is 2.29. The molecular formula is C23H25N3O4S. The Hall–Kier alpha value is -2.97. The summed E-state index contributed by atoms with van der Waals surface area (Å²) >= 11 is 0. The number of hydrogen-bond acceptors (Lipinski definition) is 5. The predicted octanol–water partition coefficient (Wildman–Crippen LogP) is 4.26. The highest BCUT2D eigenvalue weighted by atomic mass is 32.2. The molecule has 8 heteroatoms. The van der Waals surface area contributed by atoms with Crippen LogP contribution in [0.4, 0.5) is 5.82 Å². The monoisotopic (exact) mass is 439 g/mol. The predicted molar refractivity (Wildman–Crippen MR) is 117 cm³/mol. The van der Waals surface area contributed by atoms with E-state index in [2.05, 4.69) is 4.98 Å². The Labute approximate surface area is 182 Å². The normalized spacial score (nSPS) is 16.0. The first-order valence-corrected chi connectivity index (χ1v) is 11.8. The van der Waals surface area contributed by atoms with Crippen LogP contribution in [0.2, 0.25) is 0 Å². The van der Waals surface area contributed by atoms with Gasteiger partial charge in [0, 0.05) is 24.8 Å². The Kier molecular flexibility index (Phi) is 6.20. The summed E-state index contributed by atoms with van der Waals surface area (Å²) in [6, 6.07) is 14.7. The number of furan rings is 1. The van der Waals surface area contributed by atoms with Crippen LogP contribution in [0.3, 0.4) is 0 Å². The standard InChI is InChI=1S/C23H25N3O4S/c1-18(21-8-7-17-30-21)26(22-9-3-4-14-24-22)23(27)19-10-12-20(13-11-19)31(28,29)25-15-5-2-6-16-25/h3-4,7-14,17-18H,2,5-6,15-16H2,1H3/t18-/m1/s1. The SMILES string of the molecule is C[C@H](c1ccco1)N(C(=O)c1ccc(S(=O)(=O)N2CCCCC2)cc1)c1ccccn1. The van der Waals surface area contributed by atoms with Crippen molar-refractivity contribution in [1.82, 2.24) is 9.29 Å². The van der Waals surface area contributed by atoms with Crippen LogP contribution >= 0.6 is 0 Å². The molecule has 1 saturated heterocycles. The Morgan fingerprint density at radius 1 is 1.03 bits per heavy atom. The molecule has 0 aliphatic carbocycles. The van der Waals surface area contributed by atoms with Crippen molar-refractivity contribution in [1.29, 1.82) is 0 Å². The minimum absolute atomic E-state index is 0.203. The first-order chi connectivity index (χ1) is 15.0. The van der Waals surface area contributed by atoms with E-state index >= 15 is 0 Å². The number of carbonyl (C=O) groups is 1. The number of amides is 1. The second-order valence-electron chi connectivity index (χ2n) is 7.54. The van der Waals surface area contributed by atoms with Crippen molar-refractivity contribution in [3.8, 4) is 0 Å². The molecule has 162 valence electrons. The maximum atomic E-state index is 13.4. The van der Waals surface area contributed by atoms with Crippen LogP contribution in [0.15, 0.2) is 76.4 Å². The smallest absolute Gasteiger partial charge is 0.260 e. The van der Waals surface area contributed by atoms with Gasteiger partial charge in [0.25, 0.3) is 5.91 Å². The third-order valence-electron chi connectivity index (χ3n) is 5.51. The van der Waals surface area contributed by atoms with Gasteiger partial charge in [-0.25, -0.2) is 13.4 Å². The fourth-order valence-corrected chi connectivity index (χ4v) is 5.31. The molecule has 0 unspecified atom stereocenters. The van der Waals surface area contributed by atoms with Crippen LogP contribution in [0.5, 0.6) is 0 Å². The van der Waals surface area contributed by atoms with Crippen LogP contribution < -0.4 is 4.90 Å². The van der Waals surface area contributed by atoms with E-state index in [9.17, 15) is 13.2 Å². The van der Waals surface area contributed by atoms with E-state index in [-0.39, 0.29) is 10.8 Å². The average Bonchev–Trinajstić information content (AvgIpc) is 3.36. The molecule has 0 radical (unpaired) electrons. The Morgan fingerprint density at radius 2 is 1.77 bits per heavy atom. The Morgan fingerprint density at radius 3 is 2.39 bits per heavy atom. The molecule has 2 aromatic heterocycles. The summed E-state index contributed by atoms with van der Waals surface area (Å²) in [4.78, 5) is 19.5. The van der Waals surface area contributed by atoms with Gasteiger partial charge in [-0.15, -0.1) is 0 Å². The number of carbonyl (C=O) groups excluding carboxylic acids is 1. The largest absolute Gasteiger partial charge is 0.467 e. The van der Waals surface area contributed by atoms with E-state index in [0.29, 0.717) is 30.2 Å². The fourth-order valence-electron chi connectivity index (χ4n) is 3.79. The number of benzene rings is 1. The highest BCUT2D eigenvalue weighted by molar-refractivity contribution is 7.89. The third-order valence-corrected chi connectivity index (χ3v) is 7.42. The molecule has 1 aliphatic heterocycles. The van der Waals surface area contributed by atoms with Crippen molar-refractivity contribution < 1.29 is 17.6 Å². The van der Waals surface area contributed by atoms with Crippen LogP contribution in [-0.4, -0.2) is 36.7 Å². The molecule has 3 heterocycles. The van der Waals surface area contributed by atoms with Crippen molar-refractivity contribution in [2.75, 3.05) is 18.0 Å². The number of hydrogen-bond donors (Lipinski definition) is 0. The second-order valence-corrected chi connectivity index (χ2v) is 9.48. The molecule has 0 bridgehead atoms. The van der Waals surface area contributed by atoms with Gasteiger partial charge >= 0.3 is 0 Å². The van der Waals surface area contributed by atoms with Gasteiger partial charge in [-0.3, -0.25) is 9.69 Å². The number of pyridine rings is 1. The van der Waals surface area contributed by atoms with Crippen molar-refractivity contribution in [3.05, 3.63) is 78.4 Å². The summed E-state index contributed by atoms with van der Waals surface area (Å²) in [5.41, 5.74) is 0.377.